The standard InChI is InChI=1S/C19H18ClN3O4S2/c1-25-14-8-11(9-15(26-2)17(14)27-3)18(24)21-19-23-22-16(29-19)10-28-13-6-4-12(20)5-7-13/h4-9H,10H2,1-3H3,(H,21,23,24). The first-order chi connectivity index (χ1) is 14.0. The topological polar surface area (TPSA) is 82.6 Å². The van der Waals surface area contributed by atoms with Gasteiger partial charge in [-0.3, -0.25) is 10.1 Å². The molecule has 0 aliphatic carbocycles. The number of carbonyl (C=O) groups is 1. The molecule has 0 radical (unpaired) electrons. The molecule has 152 valence electrons. The van der Waals surface area contributed by atoms with E-state index in [0.717, 1.165) is 9.90 Å². The number of hydrogen-bond donors (Lipinski definition) is 1. The Kier molecular flexibility index (Phi) is 7.18. The minimum absolute atomic E-state index is 0.350. The van der Waals surface area contributed by atoms with Gasteiger partial charge in [-0.1, -0.05) is 22.9 Å². The molecule has 0 saturated carbocycles. The normalized spacial score (nSPS) is 10.5. The number of rotatable bonds is 8. The predicted octanol–water partition coefficient (Wildman–Crippen LogP) is 4.76. The zero-order chi connectivity index (χ0) is 20.8. The number of amides is 1. The van der Waals surface area contributed by atoms with E-state index < -0.39 is 0 Å². The summed E-state index contributed by atoms with van der Waals surface area (Å²) in [7, 11) is 4.49. The fraction of sp³-hybridized carbons (Fsp3) is 0.211. The van der Waals surface area contributed by atoms with Gasteiger partial charge in [-0.2, -0.15) is 0 Å². The predicted molar refractivity (Wildman–Crippen MR) is 115 cm³/mol. The Hall–Kier alpha value is -2.49. The number of nitrogens with zero attached hydrogens (tertiary/aromatic N) is 2. The van der Waals surface area contributed by atoms with Crippen molar-refractivity contribution in [1.82, 2.24) is 10.2 Å². The van der Waals surface area contributed by atoms with Gasteiger partial charge in [0.25, 0.3) is 5.91 Å². The molecule has 0 aliphatic rings. The Morgan fingerprint density at radius 3 is 2.31 bits per heavy atom. The van der Waals surface area contributed by atoms with Crippen molar-refractivity contribution >= 4 is 45.7 Å². The largest absolute Gasteiger partial charge is 0.493 e. The second-order valence-corrected chi connectivity index (χ2v) is 8.16. The van der Waals surface area contributed by atoms with Crippen molar-refractivity contribution in [2.45, 2.75) is 10.6 Å². The molecule has 2 aromatic carbocycles. The number of carbonyl (C=O) groups excluding carboxylic acids is 1. The van der Waals surface area contributed by atoms with Gasteiger partial charge in [0.15, 0.2) is 11.5 Å². The van der Waals surface area contributed by atoms with Crippen molar-refractivity contribution in [2.75, 3.05) is 26.6 Å². The molecule has 29 heavy (non-hydrogen) atoms. The van der Waals surface area contributed by atoms with Crippen LogP contribution in [-0.2, 0) is 5.75 Å². The van der Waals surface area contributed by atoms with E-state index in [1.165, 1.54) is 32.7 Å². The second kappa shape index (κ2) is 9.82. The monoisotopic (exact) mass is 451 g/mol. The SMILES string of the molecule is COc1cc(C(=O)Nc2nnc(CSc3ccc(Cl)cc3)s2)cc(OC)c1OC. The number of methoxy groups -OCH3 is 3. The van der Waals surface area contributed by atoms with Crippen LogP contribution >= 0.6 is 34.7 Å². The average molecular weight is 452 g/mol. The van der Waals surface area contributed by atoms with Crippen LogP contribution < -0.4 is 19.5 Å². The smallest absolute Gasteiger partial charge is 0.257 e. The summed E-state index contributed by atoms with van der Waals surface area (Å²) >= 11 is 8.83. The summed E-state index contributed by atoms with van der Waals surface area (Å²) in [4.78, 5) is 13.7. The minimum atomic E-state index is -0.350. The Bertz CT molecular complexity index is 970. The van der Waals surface area contributed by atoms with Crippen LogP contribution in [0, 0.1) is 0 Å². The summed E-state index contributed by atoms with van der Waals surface area (Å²) in [6.45, 7) is 0. The summed E-state index contributed by atoms with van der Waals surface area (Å²) in [5, 5.41) is 12.8. The first-order valence-electron chi connectivity index (χ1n) is 8.36. The zero-order valence-corrected chi connectivity index (χ0v) is 18.3. The number of aromatic nitrogens is 2. The lowest BCUT2D eigenvalue weighted by atomic mass is 10.1. The third-order valence-electron chi connectivity index (χ3n) is 3.79. The maximum Gasteiger partial charge on any atom is 0.257 e. The molecule has 0 unspecified atom stereocenters. The summed E-state index contributed by atoms with van der Waals surface area (Å²) in [5.41, 5.74) is 0.354. The Morgan fingerprint density at radius 2 is 1.72 bits per heavy atom. The molecule has 0 bridgehead atoms. The molecule has 3 rings (SSSR count). The van der Waals surface area contributed by atoms with E-state index >= 15 is 0 Å². The summed E-state index contributed by atoms with van der Waals surface area (Å²) in [5.74, 6) is 1.50. The zero-order valence-electron chi connectivity index (χ0n) is 15.9. The van der Waals surface area contributed by atoms with Crippen LogP contribution in [0.3, 0.4) is 0 Å². The van der Waals surface area contributed by atoms with E-state index in [1.54, 1.807) is 23.9 Å². The van der Waals surface area contributed by atoms with Crippen molar-refractivity contribution in [2.24, 2.45) is 0 Å². The Balaban J connectivity index is 1.67. The van der Waals surface area contributed by atoms with E-state index in [-0.39, 0.29) is 5.91 Å². The lowest BCUT2D eigenvalue weighted by molar-refractivity contribution is 0.102. The fourth-order valence-corrected chi connectivity index (χ4v) is 4.16. The molecule has 0 aliphatic heterocycles. The van der Waals surface area contributed by atoms with E-state index in [0.29, 0.717) is 38.7 Å². The summed E-state index contributed by atoms with van der Waals surface area (Å²) in [6.07, 6.45) is 0. The highest BCUT2D eigenvalue weighted by Gasteiger charge is 2.18. The molecular formula is C19H18ClN3O4S2. The molecule has 0 spiro atoms. The quantitative estimate of drug-likeness (QED) is 0.494. The number of benzene rings is 2. The van der Waals surface area contributed by atoms with Crippen molar-refractivity contribution in [3.05, 3.63) is 52.0 Å². The number of ether oxygens (including phenoxy) is 3. The van der Waals surface area contributed by atoms with Crippen LogP contribution in [0.25, 0.3) is 0 Å². The highest BCUT2D eigenvalue weighted by atomic mass is 35.5. The van der Waals surface area contributed by atoms with Gasteiger partial charge in [-0.15, -0.1) is 22.0 Å². The minimum Gasteiger partial charge on any atom is -0.493 e. The first-order valence-corrected chi connectivity index (χ1v) is 10.5. The second-order valence-electron chi connectivity index (χ2n) is 5.61. The summed E-state index contributed by atoms with van der Waals surface area (Å²) < 4.78 is 15.8. The van der Waals surface area contributed by atoms with Gasteiger partial charge in [0.05, 0.1) is 27.1 Å². The fourth-order valence-electron chi connectivity index (χ4n) is 2.42. The molecule has 7 nitrogen and oxygen atoms in total. The molecule has 1 amide bonds. The van der Waals surface area contributed by atoms with Gasteiger partial charge in [-0.25, -0.2) is 0 Å². The van der Waals surface area contributed by atoms with Crippen molar-refractivity contribution in [3.63, 3.8) is 0 Å². The average Bonchev–Trinajstić information content (AvgIpc) is 3.19. The van der Waals surface area contributed by atoms with Crippen molar-refractivity contribution < 1.29 is 19.0 Å². The third kappa shape index (κ3) is 5.31. The van der Waals surface area contributed by atoms with Gasteiger partial charge in [0, 0.05) is 15.5 Å². The highest BCUT2D eigenvalue weighted by molar-refractivity contribution is 7.98. The molecule has 1 heterocycles. The van der Waals surface area contributed by atoms with Gasteiger partial charge in [0.1, 0.15) is 5.01 Å². The van der Waals surface area contributed by atoms with Crippen molar-refractivity contribution in [3.8, 4) is 17.2 Å². The lowest BCUT2D eigenvalue weighted by Gasteiger charge is -2.13. The molecule has 1 N–H and O–H groups in total. The molecule has 0 saturated heterocycles. The molecular weight excluding hydrogens is 434 g/mol. The first kappa shape index (κ1) is 21.2. The van der Waals surface area contributed by atoms with E-state index in [9.17, 15) is 4.79 Å². The van der Waals surface area contributed by atoms with Crippen molar-refractivity contribution in [1.29, 1.82) is 0 Å². The Morgan fingerprint density at radius 1 is 1.07 bits per heavy atom. The molecule has 0 atom stereocenters. The number of hydrogen-bond acceptors (Lipinski definition) is 8. The maximum atomic E-state index is 12.6. The Labute approximate surface area is 181 Å². The van der Waals surface area contributed by atoms with Gasteiger partial charge in [-0.05, 0) is 36.4 Å². The molecule has 10 heteroatoms. The van der Waals surface area contributed by atoms with E-state index in [4.69, 9.17) is 25.8 Å². The van der Waals surface area contributed by atoms with Gasteiger partial charge in [0.2, 0.25) is 10.9 Å². The van der Waals surface area contributed by atoms with Crippen LogP contribution in [0.15, 0.2) is 41.3 Å². The van der Waals surface area contributed by atoms with Crippen LogP contribution in [0.5, 0.6) is 17.2 Å². The molecule has 0 fully saturated rings. The van der Waals surface area contributed by atoms with Crippen LogP contribution in [0.4, 0.5) is 5.13 Å². The number of anilines is 1. The number of thioether (sulfide) groups is 1. The van der Waals surface area contributed by atoms with E-state index in [1.807, 2.05) is 24.3 Å². The molecule has 3 aromatic rings. The van der Waals surface area contributed by atoms with Crippen LogP contribution in [0.1, 0.15) is 15.4 Å². The van der Waals surface area contributed by atoms with Crippen LogP contribution in [0.2, 0.25) is 5.02 Å². The summed E-state index contributed by atoms with van der Waals surface area (Å²) in [6, 6.07) is 10.7. The van der Waals surface area contributed by atoms with E-state index in [2.05, 4.69) is 15.5 Å². The third-order valence-corrected chi connectivity index (χ3v) is 6.09. The number of nitrogens with one attached hydrogen (secondary N) is 1. The highest BCUT2D eigenvalue weighted by Crippen LogP contribution is 2.38. The molecule has 1 aromatic heterocycles. The van der Waals surface area contributed by atoms with Gasteiger partial charge < -0.3 is 14.2 Å². The number of halogens is 1. The van der Waals surface area contributed by atoms with Gasteiger partial charge >= 0.3 is 0 Å². The lowest BCUT2D eigenvalue weighted by Crippen LogP contribution is -2.12. The maximum absolute atomic E-state index is 12.6. The van der Waals surface area contributed by atoms with Crippen LogP contribution in [-0.4, -0.2) is 37.4 Å².